The molecule has 0 bridgehead atoms. The van der Waals surface area contributed by atoms with E-state index in [1.165, 1.54) is 16.8 Å². The van der Waals surface area contributed by atoms with Crippen LogP contribution >= 0.6 is 0 Å². The third kappa shape index (κ3) is 4.36. The average molecular weight is 392 g/mol. The summed E-state index contributed by atoms with van der Waals surface area (Å²) >= 11 is 0. The topological polar surface area (TPSA) is 64.3 Å². The van der Waals surface area contributed by atoms with E-state index in [1.54, 1.807) is 0 Å². The first kappa shape index (κ1) is 19.3. The van der Waals surface area contributed by atoms with Crippen molar-refractivity contribution >= 4 is 22.8 Å². The smallest absolute Gasteiger partial charge is 0.317 e. The van der Waals surface area contributed by atoms with Crippen molar-refractivity contribution in [3.8, 4) is 0 Å². The lowest BCUT2D eigenvalue weighted by Crippen LogP contribution is -2.52. The Morgan fingerprint density at radius 3 is 2.66 bits per heavy atom. The molecule has 2 aromatic carbocycles. The minimum atomic E-state index is 0.0372. The van der Waals surface area contributed by atoms with Crippen molar-refractivity contribution in [1.82, 2.24) is 20.2 Å². The van der Waals surface area contributed by atoms with Crippen molar-refractivity contribution in [3.63, 3.8) is 0 Å². The van der Waals surface area contributed by atoms with Gasteiger partial charge in [0.15, 0.2) is 0 Å². The fraction of sp³-hybridized carbons (Fsp3) is 0.391. The number of H-pyrrole nitrogens is 1. The SMILES string of the molecule is Cc1cccc(N2CCN(C(=O)NCCCc3nc4ccccc4[nH]3)CC2)c1C. The highest BCUT2D eigenvalue weighted by Crippen LogP contribution is 2.23. The number of aromatic amines is 1. The number of hydrogen-bond donors (Lipinski definition) is 2. The lowest BCUT2D eigenvalue weighted by atomic mass is 10.1. The predicted molar refractivity (Wildman–Crippen MR) is 118 cm³/mol. The van der Waals surface area contributed by atoms with Crippen molar-refractivity contribution in [2.75, 3.05) is 37.6 Å². The van der Waals surface area contributed by atoms with E-state index in [0.717, 1.165) is 55.9 Å². The molecule has 3 aromatic rings. The molecule has 2 N–H and O–H groups in total. The molecule has 1 aliphatic heterocycles. The highest BCUT2D eigenvalue weighted by atomic mass is 16.2. The number of benzene rings is 2. The van der Waals surface area contributed by atoms with Gasteiger partial charge in [-0.05, 0) is 49.6 Å². The summed E-state index contributed by atoms with van der Waals surface area (Å²) in [6, 6.07) is 14.5. The average Bonchev–Trinajstić information content (AvgIpc) is 3.16. The van der Waals surface area contributed by atoms with E-state index in [2.05, 4.69) is 52.2 Å². The van der Waals surface area contributed by atoms with Gasteiger partial charge in [-0.1, -0.05) is 24.3 Å². The summed E-state index contributed by atoms with van der Waals surface area (Å²) in [5, 5.41) is 3.06. The number of hydrogen-bond acceptors (Lipinski definition) is 3. The Bertz CT molecular complexity index is 955. The number of carbonyl (C=O) groups excluding carboxylic acids is 1. The number of amides is 2. The second-order valence-corrected chi connectivity index (χ2v) is 7.73. The molecular weight excluding hydrogens is 362 g/mol. The van der Waals surface area contributed by atoms with E-state index in [1.807, 2.05) is 29.2 Å². The van der Waals surface area contributed by atoms with Crippen molar-refractivity contribution in [1.29, 1.82) is 0 Å². The molecule has 1 aromatic heterocycles. The zero-order valence-corrected chi connectivity index (χ0v) is 17.2. The largest absolute Gasteiger partial charge is 0.368 e. The molecule has 0 spiro atoms. The van der Waals surface area contributed by atoms with E-state index in [4.69, 9.17) is 0 Å². The number of rotatable bonds is 5. The summed E-state index contributed by atoms with van der Waals surface area (Å²) in [7, 11) is 0. The number of urea groups is 1. The molecular formula is C23H29N5O. The van der Waals surface area contributed by atoms with Gasteiger partial charge in [-0.15, -0.1) is 0 Å². The quantitative estimate of drug-likeness (QED) is 0.653. The van der Waals surface area contributed by atoms with Gasteiger partial charge < -0.3 is 20.1 Å². The summed E-state index contributed by atoms with van der Waals surface area (Å²) in [5.41, 5.74) is 5.99. The monoisotopic (exact) mass is 391 g/mol. The summed E-state index contributed by atoms with van der Waals surface area (Å²) in [6.45, 7) is 8.23. The number of para-hydroxylation sites is 2. The highest BCUT2D eigenvalue weighted by molar-refractivity contribution is 5.75. The van der Waals surface area contributed by atoms with Crippen LogP contribution in [0.1, 0.15) is 23.4 Å². The number of aromatic nitrogens is 2. The van der Waals surface area contributed by atoms with Crippen molar-refractivity contribution in [2.45, 2.75) is 26.7 Å². The van der Waals surface area contributed by atoms with E-state index in [0.29, 0.717) is 6.54 Å². The van der Waals surface area contributed by atoms with Gasteiger partial charge in [-0.2, -0.15) is 0 Å². The molecule has 0 unspecified atom stereocenters. The summed E-state index contributed by atoms with van der Waals surface area (Å²) in [6.07, 6.45) is 1.70. The molecule has 2 amide bonds. The van der Waals surface area contributed by atoms with E-state index >= 15 is 0 Å². The normalized spacial score (nSPS) is 14.4. The standard InChI is InChI=1S/C23H29N5O/c1-17-7-5-10-21(18(17)2)27-13-15-28(16-14-27)23(29)24-12-6-11-22-25-19-8-3-4-9-20(19)26-22/h3-5,7-10H,6,11-16H2,1-2H3,(H,24,29)(H,25,26). The van der Waals surface area contributed by atoms with Crippen LogP contribution in [0.5, 0.6) is 0 Å². The lowest BCUT2D eigenvalue weighted by Gasteiger charge is -2.37. The molecule has 152 valence electrons. The fourth-order valence-electron chi connectivity index (χ4n) is 3.92. The second kappa shape index (κ2) is 8.55. The number of anilines is 1. The zero-order chi connectivity index (χ0) is 20.2. The minimum Gasteiger partial charge on any atom is -0.368 e. The van der Waals surface area contributed by atoms with Gasteiger partial charge in [0.05, 0.1) is 11.0 Å². The van der Waals surface area contributed by atoms with Crippen LogP contribution in [-0.2, 0) is 6.42 Å². The highest BCUT2D eigenvalue weighted by Gasteiger charge is 2.22. The molecule has 0 radical (unpaired) electrons. The Hall–Kier alpha value is -3.02. The Labute approximate surface area is 171 Å². The number of piperazine rings is 1. The van der Waals surface area contributed by atoms with Crippen molar-refractivity contribution in [2.24, 2.45) is 0 Å². The van der Waals surface area contributed by atoms with Crippen LogP contribution < -0.4 is 10.2 Å². The van der Waals surface area contributed by atoms with E-state index < -0.39 is 0 Å². The maximum atomic E-state index is 12.5. The van der Waals surface area contributed by atoms with Crippen molar-refractivity contribution in [3.05, 3.63) is 59.4 Å². The molecule has 1 fully saturated rings. The third-order valence-electron chi connectivity index (χ3n) is 5.79. The number of fused-ring (bicyclic) bond motifs is 1. The Kier molecular flexibility index (Phi) is 5.69. The molecule has 6 heteroatoms. The second-order valence-electron chi connectivity index (χ2n) is 7.73. The maximum Gasteiger partial charge on any atom is 0.317 e. The fourth-order valence-corrected chi connectivity index (χ4v) is 3.92. The summed E-state index contributed by atoms with van der Waals surface area (Å²) < 4.78 is 0. The summed E-state index contributed by atoms with van der Waals surface area (Å²) in [5.74, 6) is 0.975. The molecule has 29 heavy (non-hydrogen) atoms. The first-order chi connectivity index (χ1) is 14.1. The Balaban J connectivity index is 1.21. The van der Waals surface area contributed by atoms with Gasteiger partial charge in [0.1, 0.15) is 5.82 Å². The first-order valence-electron chi connectivity index (χ1n) is 10.4. The molecule has 1 aliphatic rings. The molecule has 6 nitrogen and oxygen atoms in total. The number of nitrogens with one attached hydrogen (secondary N) is 2. The lowest BCUT2D eigenvalue weighted by molar-refractivity contribution is 0.194. The van der Waals surface area contributed by atoms with E-state index in [-0.39, 0.29) is 6.03 Å². The molecule has 0 atom stereocenters. The van der Waals surface area contributed by atoms with Crippen LogP contribution in [0.15, 0.2) is 42.5 Å². The first-order valence-corrected chi connectivity index (χ1v) is 10.4. The van der Waals surface area contributed by atoms with Crippen LogP contribution in [0.2, 0.25) is 0 Å². The van der Waals surface area contributed by atoms with Crippen LogP contribution in [0, 0.1) is 13.8 Å². The third-order valence-corrected chi connectivity index (χ3v) is 5.79. The number of nitrogens with zero attached hydrogens (tertiary/aromatic N) is 3. The van der Waals surface area contributed by atoms with Gasteiger partial charge in [0, 0.05) is 44.8 Å². The predicted octanol–water partition coefficient (Wildman–Crippen LogP) is 3.64. The zero-order valence-electron chi connectivity index (χ0n) is 17.2. The van der Waals surface area contributed by atoms with Crippen molar-refractivity contribution < 1.29 is 4.79 Å². The number of imidazole rings is 1. The molecule has 0 aliphatic carbocycles. The molecule has 2 heterocycles. The minimum absolute atomic E-state index is 0.0372. The van der Waals surface area contributed by atoms with Gasteiger partial charge in [-0.3, -0.25) is 0 Å². The molecule has 1 saturated heterocycles. The van der Waals surface area contributed by atoms with Crippen LogP contribution in [0.3, 0.4) is 0 Å². The number of aryl methyl sites for hydroxylation is 2. The van der Waals surface area contributed by atoms with Crippen LogP contribution in [0.25, 0.3) is 11.0 Å². The van der Waals surface area contributed by atoms with Gasteiger partial charge in [-0.25, -0.2) is 9.78 Å². The van der Waals surface area contributed by atoms with Crippen LogP contribution in [-0.4, -0.2) is 53.6 Å². The Morgan fingerprint density at radius 2 is 1.86 bits per heavy atom. The molecule has 4 rings (SSSR count). The van der Waals surface area contributed by atoms with Crippen LogP contribution in [0.4, 0.5) is 10.5 Å². The van der Waals surface area contributed by atoms with Gasteiger partial charge in [0.25, 0.3) is 0 Å². The molecule has 0 saturated carbocycles. The Morgan fingerprint density at radius 1 is 1.07 bits per heavy atom. The maximum absolute atomic E-state index is 12.5. The van der Waals surface area contributed by atoms with Gasteiger partial charge in [0.2, 0.25) is 0 Å². The van der Waals surface area contributed by atoms with Gasteiger partial charge >= 0.3 is 6.03 Å². The summed E-state index contributed by atoms with van der Waals surface area (Å²) in [4.78, 5) is 24.7. The van der Waals surface area contributed by atoms with E-state index in [9.17, 15) is 4.79 Å². The number of carbonyl (C=O) groups is 1.